The number of carbonyl (C=O) groups is 2. The van der Waals surface area contributed by atoms with Crippen LogP contribution in [-0.4, -0.2) is 45.2 Å². The third kappa shape index (κ3) is 3.38. The molecule has 0 aromatic carbocycles. The number of fused-ring (bicyclic) bond motifs is 9. The lowest BCUT2D eigenvalue weighted by Gasteiger charge is -2.47. The maximum Gasteiger partial charge on any atom is 0.426 e. The molecular formula is C22H28F6O5. The Labute approximate surface area is 186 Å². The molecule has 4 saturated carbocycles. The monoisotopic (exact) mass is 486 g/mol. The average Bonchev–Trinajstić information content (AvgIpc) is 3.38. The minimum Gasteiger partial charge on any atom is -0.481 e. The molecule has 4 rings (SSSR count). The van der Waals surface area contributed by atoms with Crippen LogP contribution in [0.2, 0.25) is 0 Å². The van der Waals surface area contributed by atoms with Gasteiger partial charge in [0, 0.05) is 0 Å². The van der Waals surface area contributed by atoms with Crippen molar-refractivity contribution in [3.8, 4) is 0 Å². The number of carboxylic acids is 2. The van der Waals surface area contributed by atoms with Gasteiger partial charge in [0.2, 0.25) is 0 Å². The predicted octanol–water partition coefficient (Wildman–Crippen LogP) is 4.44. The third-order valence-electron chi connectivity index (χ3n) is 9.70. The quantitative estimate of drug-likeness (QED) is 0.381. The van der Waals surface area contributed by atoms with Gasteiger partial charge in [-0.2, -0.15) is 26.3 Å². The molecule has 0 saturated heterocycles. The summed E-state index contributed by atoms with van der Waals surface area (Å²) >= 11 is 0. The van der Waals surface area contributed by atoms with E-state index in [9.17, 15) is 51.3 Å². The third-order valence-corrected chi connectivity index (χ3v) is 9.70. The Morgan fingerprint density at radius 2 is 1.45 bits per heavy atom. The van der Waals surface area contributed by atoms with Crippen molar-refractivity contribution in [3.05, 3.63) is 0 Å². The van der Waals surface area contributed by atoms with Crippen molar-refractivity contribution in [2.75, 3.05) is 0 Å². The first-order valence-corrected chi connectivity index (χ1v) is 11.3. The summed E-state index contributed by atoms with van der Waals surface area (Å²) in [5, 5.41) is 29.0. The van der Waals surface area contributed by atoms with Crippen LogP contribution in [-0.2, 0) is 9.59 Å². The SMILES string of the molecule is CC(C(=O)O)C(C(=O)O)C1C(C)C2CC1C1C3CC(CC3CC(O)(C(F)(F)F)C(F)(F)F)C21. The molecule has 0 spiro atoms. The normalized spacial score (nSPS) is 41.8. The molecule has 11 atom stereocenters. The van der Waals surface area contributed by atoms with Gasteiger partial charge in [-0.25, -0.2) is 0 Å². The summed E-state index contributed by atoms with van der Waals surface area (Å²) in [5.74, 6) is -7.16. The fourth-order valence-corrected chi connectivity index (χ4v) is 8.57. The highest BCUT2D eigenvalue weighted by Crippen LogP contribution is 2.73. The molecule has 4 aliphatic rings. The van der Waals surface area contributed by atoms with Gasteiger partial charge in [-0.1, -0.05) is 13.8 Å². The zero-order valence-electron chi connectivity index (χ0n) is 18.1. The van der Waals surface area contributed by atoms with Gasteiger partial charge in [-0.05, 0) is 78.9 Å². The summed E-state index contributed by atoms with van der Waals surface area (Å²) in [6.07, 6.45) is -11.9. The molecule has 11 heteroatoms. The van der Waals surface area contributed by atoms with E-state index in [4.69, 9.17) is 0 Å². The number of rotatable bonds is 6. The number of aliphatic hydroxyl groups is 1. The summed E-state index contributed by atoms with van der Waals surface area (Å²) in [7, 11) is 0. The first kappa shape index (κ1) is 24.6. The summed E-state index contributed by atoms with van der Waals surface area (Å²) in [4.78, 5) is 23.6. The van der Waals surface area contributed by atoms with E-state index >= 15 is 0 Å². The topological polar surface area (TPSA) is 94.8 Å². The van der Waals surface area contributed by atoms with Crippen molar-refractivity contribution < 1.29 is 51.3 Å². The molecule has 0 aliphatic heterocycles. The first-order chi connectivity index (χ1) is 15.0. The Kier molecular flexibility index (Phi) is 5.58. The molecule has 188 valence electrons. The van der Waals surface area contributed by atoms with Crippen LogP contribution in [0.3, 0.4) is 0 Å². The summed E-state index contributed by atoms with van der Waals surface area (Å²) in [6.45, 7) is 3.22. The standard InChI is InChI=1S/C22H28F6O5/c1-7-11-5-13(14(7)15(19(31)32)8(2)18(29)30)17-12-4-9(16(11)17)3-10(12)6-20(33,21(23,24)25)22(26,27)28/h7-17,33H,3-6H2,1-2H3,(H,29,30)(H,31,32). The minimum atomic E-state index is -5.86. The first-order valence-electron chi connectivity index (χ1n) is 11.3. The van der Waals surface area contributed by atoms with Gasteiger partial charge in [0.05, 0.1) is 11.8 Å². The average molecular weight is 486 g/mol. The van der Waals surface area contributed by atoms with E-state index in [0.717, 1.165) is 0 Å². The molecule has 33 heavy (non-hydrogen) atoms. The van der Waals surface area contributed by atoms with Crippen LogP contribution in [0.4, 0.5) is 26.3 Å². The lowest BCUT2D eigenvalue weighted by atomic mass is 9.57. The van der Waals surface area contributed by atoms with Crippen molar-refractivity contribution in [2.24, 2.45) is 65.1 Å². The van der Waals surface area contributed by atoms with Crippen LogP contribution in [0.5, 0.6) is 0 Å². The zero-order chi connectivity index (χ0) is 24.8. The van der Waals surface area contributed by atoms with Crippen molar-refractivity contribution in [3.63, 3.8) is 0 Å². The highest BCUT2D eigenvalue weighted by atomic mass is 19.4. The second kappa shape index (κ2) is 7.49. The Balaban J connectivity index is 1.62. The van der Waals surface area contributed by atoms with E-state index < -0.39 is 65.9 Å². The van der Waals surface area contributed by atoms with E-state index in [1.807, 2.05) is 6.92 Å². The Hall–Kier alpha value is -1.52. The lowest BCUT2D eigenvalue weighted by Crippen LogP contribution is -2.58. The smallest absolute Gasteiger partial charge is 0.426 e. The van der Waals surface area contributed by atoms with Crippen molar-refractivity contribution >= 4 is 11.9 Å². The van der Waals surface area contributed by atoms with Crippen LogP contribution in [0.25, 0.3) is 0 Å². The second-order valence-electron chi connectivity index (χ2n) is 10.9. The van der Waals surface area contributed by atoms with E-state index in [1.165, 1.54) is 6.92 Å². The van der Waals surface area contributed by atoms with Gasteiger partial charge in [0.15, 0.2) is 0 Å². The van der Waals surface area contributed by atoms with Crippen molar-refractivity contribution in [1.82, 2.24) is 0 Å². The van der Waals surface area contributed by atoms with E-state index in [2.05, 4.69) is 0 Å². The van der Waals surface area contributed by atoms with Gasteiger partial charge >= 0.3 is 24.3 Å². The Morgan fingerprint density at radius 1 is 0.879 bits per heavy atom. The van der Waals surface area contributed by atoms with Gasteiger partial charge in [-0.3, -0.25) is 9.59 Å². The highest BCUT2D eigenvalue weighted by molar-refractivity contribution is 5.80. The molecule has 5 nitrogen and oxygen atoms in total. The molecule has 4 aliphatic carbocycles. The molecular weight excluding hydrogens is 458 g/mol. The van der Waals surface area contributed by atoms with Crippen LogP contribution in [0.1, 0.15) is 39.5 Å². The fraction of sp³-hybridized carbons (Fsp3) is 0.909. The molecule has 0 amide bonds. The summed E-state index contributed by atoms with van der Waals surface area (Å²) < 4.78 is 79.8. The predicted molar refractivity (Wildman–Crippen MR) is 101 cm³/mol. The molecule has 0 aromatic rings. The summed E-state index contributed by atoms with van der Waals surface area (Å²) in [6, 6.07) is 0. The minimum absolute atomic E-state index is 0.0470. The van der Waals surface area contributed by atoms with Gasteiger partial charge in [0.1, 0.15) is 0 Å². The summed E-state index contributed by atoms with van der Waals surface area (Å²) in [5.41, 5.74) is -4.78. The van der Waals surface area contributed by atoms with Crippen LogP contribution >= 0.6 is 0 Å². The molecule has 0 heterocycles. The maximum atomic E-state index is 13.3. The van der Waals surface area contributed by atoms with E-state index in [0.29, 0.717) is 12.8 Å². The van der Waals surface area contributed by atoms with Crippen LogP contribution < -0.4 is 0 Å². The molecule has 4 fully saturated rings. The number of hydrogen-bond acceptors (Lipinski definition) is 3. The van der Waals surface area contributed by atoms with Gasteiger partial charge in [0.25, 0.3) is 5.60 Å². The highest BCUT2D eigenvalue weighted by Gasteiger charge is 2.74. The lowest BCUT2D eigenvalue weighted by molar-refractivity contribution is -0.373. The number of carboxylic acid groups (broad SMARTS) is 2. The molecule has 0 radical (unpaired) electrons. The number of alkyl halides is 6. The number of hydrogen-bond donors (Lipinski definition) is 3. The van der Waals surface area contributed by atoms with Crippen LogP contribution in [0.15, 0.2) is 0 Å². The van der Waals surface area contributed by atoms with Crippen molar-refractivity contribution in [2.45, 2.75) is 57.5 Å². The molecule has 4 bridgehead atoms. The fourth-order valence-electron chi connectivity index (χ4n) is 8.57. The zero-order valence-corrected chi connectivity index (χ0v) is 18.1. The second-order valence-corrected chi connectivity index (χ2v) is 10.9. The number of aliphatic carboxylic acids is 2. The number of halogens is 6. The van der Waals surface area contributed by atoms with Crippen molar-refractivity contribution in [1.29, 1.82) is 0 Å². The maximum absolute atomic E-state index is 13.3. The Morgan fingerprint density at radius 3 is 1.94 bits per heavy atom. The van der Waals surface area contributed by atoms with E-state index in [1.54, 1.807) is 0 Å². The van der Waals surface area contributed by atoms with Crippen LogP contribution in [0, 0.1) is 65.1 Å². The largest absolute Gasteiger partial charge is 0.481 e. The molecule has 3 N–H and O–H groups in total. The van der Waals surface area contributed by atoms with Gasteiger partial charge in [-0.15, -0.1) is 0 Å². The molecule has 0 aromatic heterocycles. The van der Waals surface area contributed by atoms with E-state index in [-0.39, 0.29) is 41.9 Å². The van der Waals surface area contributed by atoms with Gasteiger partial charge < -0.3 is 15.3 Å². The Bertz CT molecular complexity index is 811. The molecule has 11 unspecified atom stereocenters.